The van der Waals surface area contributed by atoms with E-state index in [-0.39, 0.29) is 5.97 Å². The Kier molecular flexibility index (Phi) is 6.59. The fraction of sp³-hybridized carbons (Fsp3) is 0.133. The van der Waals surface area contributed by atoms with Gasteiger partial charge in [-0.05, 0) is 24.3 Å². The van der Waals surface area contributed by atoms with Gasteiger partial charge in [-0.1, -0.05) is 54.9 Å². The van der Waals surface area contributed by atoms with Gasteiger partial charge in [-0.2, -0.15) is 0 Å². The minimum Gasteiger partial charge on any atom is -0.427 e. The minimum absolute atomic E-state index is 0.198. The van der Waals surface area contributed by atoms with E-state index in [1.807, 2.05) is 48.5 Å². The van der Waals surface area contributed by atoms with Crippen LogP contribution < -0.4 is 4.74 Å². The molecule has 2 aromatic rings. The van der Waals surface area contributed by atoms with E-state index >= 15 is 0 Å². The Balaban J connectivity index is 0.000000199. The Bertz CT molecular complexity index is 454. The van der Waals surface area contributed by atoms with Crippen molar-refractivity contribution in [1.82, 2.24) is 0 Å². The Hall–Kier alpha value is -1.80. The van der Waals surface area contributed by atoms with Crippen LogP contribution in [0.5, 0.6) is 5.75 Å². The van der Waals surface area contributed by atoms with Gasteiger partial charge < -0.3 is 4.74 Å². The number of carbonyl (C=O) groups excluding carboxylic acids is 1. The summed E-state index contributed by atoms with van der Waals surface area (Å²) >= 11 is 5.54. The van der Waals surface area contributed by atoms with E-state index in [0.29, 0.717) is 12.2 Å². The van der Waals surface area contributed by atoms with Gasteiger partial charge in [0.15, 0.2) is 0 Å². The number of esters is 1. The van der Waals surface area contributed by atoms with Crippen LogP contribution in [0.15, 0.2) is 60.7 Å². The summed E-state index contributed by atoms with van der Waals surface area (Å²) in [6.45, 7) is 1.77. The molecular formula is C15H15ClO2. The molecule has 0 spiro atoms. The maximum Gasteiger partial charge on any atom is 0.310 e. The largest absolute Gasteiger partial charge is 0.427 e. The van der Waals surface area contributed by atoms with Gasteiger partial charge in [-0.25, -0.2) is 0 Å². The molecule has 3 heteroatoms. The zero-order valence-electron chi connectivity index (χ0n) is 10.2. The molecule has 0 atom stereocenters. The first-order valence-corrected chi connectivity index (χ1v) is 6.06. The standard InChI is InChI=1S/C9H10O2.C6H5Cl/c1-2-9(10)11-8-6-4-3-5-7-8;7-6-4-2-1-3-5-6/h3-7H,2H2,1H3;1-5H. The molecule has 0 aliphatic carbocycles. The van der Waals surface area contributed by atoms with Gasteiger partial charge in [0.1, 0.15) is 5.75 Å². The molecule has 0 amide bonds. The maximum absolute atomic E-state index is 10.8. The Morgan fingerprint density at radius 1 is 1.00 bits per heavy atom. The van der Waals surface area contributed by atoms with E-state index in [9.17, 15) is 4.79 Å². The number of hydrogen-bond acceptors (Lipinski definition) is 2. The molecule has 2 aromatic carbocycles. The van der Waals surface area contributed by atoms with Crippen molar-refractivity contribution < 1.29 is 9.53 Å². The van der Waals surface area contributed by atoms with Crippen molar-refractivity contribution in [2.45, 2.75) is 13.3 Å². The van der Waals surface area contributed by atoms with Crippen molar-refractivity contribution in [3.8, 4) is 5.75 Å². The van der Waals surface area contributed by atoms with E-state index < -0.39 is 0 Å². The average Bonchev–Trinajstić information content (AvgIpc) is 2.41. The van der Waals surface area contributed by atoms with Gasteiger partial charge in [0, 0.05) is 11.4 Å². The third kappa shape index (κ3) is 6.06. The molecule has 0 radical (unpaired) electrons. The third-order valence-electron chi connectivity index (χ3n) is 2.00. The lowest BCUT2D eigenvalue weighted by atomic mass is 10.3. The van der Waals surface area contributed by atoms with Crippen LogP contribution >= 0.6 is 11.6 Å². The van der Waals surface area contributed by atoms with Crippen LogP contribution in [0.4, 0.5) is 0 Å². The maximum atomic E-state index is 10.8. The zero-order valence-corrected chi connectivity index (χ0v) is 10.9. The molecular weight excluding hydrogens is 248 g/mol. The molecule has 94 valence electrons. The molecule has 0 heterocycles. The predicted octanol–water partition coefficient (Wildman–Crippen LogP) is 4.34. The Morgan fingerprint density at radius 2 is 1.50 bits per heavy atom. The quantitative estimate of drug-likeness (QED) is 0.594. The van der Waals surface area contributed by atoms with Crippen LogP contribution in [0.3, 0.4) is 0 Å². The van der Waals surface area contributed by atoms with Crippen LogP contribution in [0.2, 0.25) is 5.02 Å². The molecule has 0 unspecified atom stereocenters. The van der Waals surface area contributed by atoms with E-state index in [1.54, 1.807) is 19.1 Å². The molecule has 0 aliphatic heterocycles. The highest BCUT2D eigenvalue weighted by Gasteiger charge is 1.98. The summed E-state index contributed by atoms with van der Waals surface area (Å²) < 4.78 is 4.92. The van der Waals surface area contributed by atoms with Gasteiger partial charge in [0.2, 0.25) is 0 Å². The first-order chi connectivity index (χ1) is 8.72. The highest BCUT2D eigenvalue weighted by molar-refractivity contribution is 6.30. The molecule has 0 aromatic heterocycles. The number of benzene rings is 2. The molecule has 0 saturated heterocycles. The summed E-state index contributed by atoms with van der Waals surface area (Å²) in [5.41, 5.74) is 0. The average molecular weight is 263 g/mol. The molecule has 0 N–H and O–H groups in total. The summed E-state index contributed by atoms with van der Waals surface area (Å²) in [7, 11) is 0. The summed E-state index contributed by atoms with van der Waals surface area (Å²) in [6.07, 6.45) is 0.412. The second kappa shape index (κ2) is 8.31. The normalized spacial score (nSPS) is 9.00. The molecule has 0 saturated carbocycles. The van der Waals surface area contributed by atoms with Crippen molar-refractivity contribution in [2.24, 2.45) is 0 Å². The van der Waals surface area contributed by atoms with Crippen molar-refractivity contribution in [3.63, 3.8) is 0 Å². The number of rotatable bonds is 2. The topological polar surface area (TPSA) is 26.3 Å². The van der Waals surface area contributed by atoms with Crippen LogP contribution in [-0.2, 0) is 4.79 Å². The molecule has 2 nitrogen and oxygen atoms in total. The van der Waals surface area contributed by atoms with Gasteiger partial charge in [-0.15, -0.1) is 0 Å². The smallest absolute Gasteiger partial charge is 0.310 e. The first-order valence-electron chi connectivity index (χ1n) is 5.68. The first kappa shape index (κ1) is 14.3. The van der Waals surface area contributed by atoms with Crippen LogP contribution in [0.25, 0.3) is 0 Å². The van der Waals surface area contributed by atoms with Gasteiger partial charge in [0.05, 0.1) is 0 Å². The number of ether oxygens (including phenoxy) is 1. The molecule has 2 rings (SSSR count). The Morgan fingerprint density at radius 3 is 1.89 bits per heavy atom. The molecule has 0 bridgehead atoms. The van der Waals surface area contributed by atoms with Crippen molar-refractivity contribution in [2.75, 3.05) is 0 Å². The van der Waals surface area contributed by atoms with Crippen molar-refractivity contribution in [1.29, 1.82) is 0 Å². The SMILES string of the molecule is CCC(=O)Oc1ccccc1.Clc1ccccc1. The van der Waals surface area contributed by atoms with Crippen molar-refractivity contribution in [3.05, 3.63) is 65.7 Å². The van der Waals surface area contributed by atoms with Gasteiger partial charge in [-0.3, -0.25) is 4.79 Å². The zero-order chi connectivity index (χ0) is 13.2. The molecule has 0 aliphatic rings. The number of para-hydroxylation sites is 1. The monoisotopic (exact) mass is 262 g/mol. The van der Waals surface area contributed by atoms with Gasteiger partial charge >= 0.3 is 5.97 Å². The van der Waals surface area contributed by atoms with E-state index in [2.05, 4.69) is 0 Å². The Labute approximate surface area is 112 Å². The van der Waals surface area contributed by atoms with Crippen LogP contribution in [0.1, 0.15) is 13.3 Å². The second-order valence-electron chi connectivity index (χ2n) is 3.44. The fourth-order valence-electron chi connectivity index (χ4n) is 1.11. The lowest BCUT2D eigenvalue weighted by molar-refractivity contribution is -0.134. The molecule has 18 heavy (non-hydrogen) atoms. The van der Waals surface area contributed by atoms with Crippen LogP contribution in [0, 0.1) is 0 Å². The lowest BCUT2D eigenvalue weighted by Gasteiger charge is -1.99. The predicted molar refractivity (Wildman–Crippen MR) is 73.8 cm³/mol. The fourth-order valence-corrected chi connectivity index (χ4v) is 1.25. The third-order valence-corrected chi connectivity index (χ3v) is 2.25. The molecule has 0 fully saturated rings. The lowest BCUT2D eigenvalue weighted by Crippen LogP contribution is -2.04. The highest BCUT2D eigenvalue weighted by atomic mass is 35.5. The van der Waals surface area contributed by atoms with E-state index in [1.165, 1.54) is 0 Å². The number of hydrogen-bond donors (Lipinski definition) is 0. The van der Waals surface area contributed by atoms with E-state index in [0.717, 1.165) is 5.02 Å². The van der Waals surface area contributed by atoms with E-state index in [4.69, 9.17) is 16.3 Å². The summed E-state index contributed by atoms with van der Waals surface area (Å²) in [4.78, 5) is 10.8. The number of carbonyl (C=O) groups is 1. The highest BCUT2D eigenvalue weighted by Crippen LogP contribution is 2.08. The van der Waals surface area contributed by atoms with Crippen LogP contribution in [-0.4, -0.2) is 5.97 Å². The summed E-state index contributed by atoms with van der Waals surface area (Å²) in [5, 5.41) is 0.794. The summed E-state index contributed by atoms with van der Waals surface area (Å²) in [6, 6.07) is 18.5. The minimum atomic E-state index is -0.198. The number of halogens is 1. The van der Waals surface area contributed by atoms with Crippen molar-refractivity contribution >= 4 is 17.6 Å². The van der Waals surface area contributed by atoms with Gasteiger partial charge in [0.25, 0.3) is 0 Å². The summed E-state index contributed by atoms with van der Waals surface area (Å²) in [5.74, 6) is 0.413. The second-order valence-corrected chi connectivity index (χ2v) is 3.87.